The number of carboxylic acid groups (broad SMARTS) is 1. The molecular weight excluding hydrogens is 346 g/mol. The molecule has 6 heteroatoms. The maximum Gasteiger partial charge on any atom is 0.414 e. The summed E-state index contributed by atoms with van der Waals surface area (Å²) in [6, 6.07) is 9.57. The van der Waals surface area contributed by atoms with Crippen molar-refractivity contribution >= 4 is 17.8 Å². The maximum absolute atomic E-state index is 12.2. The normalized spacial score (nSPS) is 15.9. The Bertz CT molecular complexity index is 709. The molecule has 0 spiro atoms. The van der Waals surface area contributed by atoms with E-state index < -0.39 is 12.1 Å². The Balaban J connectivity index is 1.87. The largest absolute Gasteiger partial charge is 0.481 e. The van der Waals surface area contributed by atoms with E-state index in [2.05, 4.69) is 0 Å². The molecule has 1 amide bonds. The first-order valence-electron chi connectivity index (χ1n) is 9.12. The van der Waals surface area contributed by atoms with Gasteiger partial charge >= 0.3 is 12.1 Å². The van der Waals surface area contributed by atoms with Crippen molar-refractivity contribution in [3.05, 3.63) is 59.8 Å². The van der Waals surface area contributed by atoms with Gasteiger partial charge in [-0.2, -0.15) is 0 Å². The molecule has 1 aliphatic heterocycles. The van der Waals surface area contributed by atoms with Gasteiger partial charge < -0.3 is 9.84 Å². The molecule has 0 radical (unpaired) electrons. The number of Topliss-reactive ketones (excluding diaryl/α,β-unsaturated/α-hetero) is 1. The second-order valence-corrected chi connectivity index (χ2v) is 6.33. The Morgan fingerprint density at radius 2 is 1.96 bits per heavy atom. The summed E-state index contributed by atoms with van der Waals surface area (Å²) in [7, 11) is 0. The minimum atomic E-state index is -0.812. The van der Waals surface area contributed by atoms with Crippen LogP contribution in [0.5, 0.6) is 0 Å². The first-order valence-corrected chi connectivity index (χ1v) is 9.12. The van der Waals surface area contributed by atoms with Gasteiger partial charge in [0.05, 0.1) is 6.61 Å². The maximum atomic E-state index is 12.2. The van der Waals surface area contributed by atoms with Crippen molar-refractivity contribution < 1.29 is 24.2 Å². The molecule has 1 saturated heterocycles. The number of amides is 1. The van der Waals surface area contributed by atoms with Crippen molar-refractivity contribution in [1.29, 1.82) is 0 Å². The molecule has 144 valence electrons. The molecule has 1 fully saturated rings. The molecule has 0 aromatic heterocycles. The van der Waals surface area contributed by atoms with E-state index in [0.29, 0.717) is 38.8 Å². The van der Waals surface area contributed by atoms with Crippen LogP contribution in [0.15, 0.2) is 54.3 Å². The number of ether oxygens (including phenoxy) is 1. The predicted octanol–water partition coefficient (Wildman–Crippen LogP) is 3.73. The Kier molecular flexibility index (Phi) is 8.29. The lowest BCUT2D eigenvalue weighted by molar-refractivity contribution is -0.137. The third kappa shape index (κ3) is 7.48. The topological polar surface area (TPSA) is 83.9 Å². The van der Waals surface area contributed by atoms with Gasteiger partial charge in [-0.15, -0.1) is 0 Å². The average molecular weight is 371 g/mol. The Morgan fingerprint density at radius 3 is 2.70 bits per heavy atom. The number of hydrogen-bond donors (Lipinski definition) is 1. The van der Waals surface area contributed by atoms with E-state index in [4.69, 9.17) is 9.84 Å². The second kappa shape index (κ2) is 11.0. The number of nitrogens with zero attached hydrogens (tertiary/aromatic N) is 1. The van der Waals surface area contributed by atoms with Crippen LogP contribution < -0.4 is 0 Å². The Morgan fingerprint density at radius 1 is 1.19 bits per heavy atom. The number of carboxylic acids is 1. The van der Waals surface area contributed by atoms with Crippen molar-refractivity contribution in [2.24, 2.45) is 0 Å². The molecule has 0 saturated carbocycles. The average Bonchev–Trinajstić information content (AvgIpc) is 2.65. The van der Waals surface area contributed by atoms with E-state index in [9.17, 15) is 14.4 Å². The van der Waals surface area contributed by atoms with Gasteiger partial charge in [-0.1, -0.05) is 48.6 Å². The van der Waals surface area contributed by atoms with E-state index >= 15 is 0 Å². The number of hydrogen-bond acceptors (Lipinski definition) is 4. The Labute approximate surface area is 159 Å². The third-order valence-corrected chi connectivity index (χ3v) is 4.18. The van der Waals surface area contributed by atoms with Gasteiger partial charge in [-0.05, 0) is 18.4 Å². The molecule has 6 nitrogen and oxygen atoms in total. The first-order chi connectivity index (χ1) is 13.1. The molecule has 1 aromatic carbocycles. The number of rotatable bonds is 10. The molecule has 0 unspecified atom stereocenters. The lowest BCUT2D eigenvalue weighted by Gasteiger charge is -2.28. The SMILES string of the molecule is O=C(O)CCCC=CCN1C(=O)OCCC1=CCC(=O)Cc1ccccc1. The van der Waals surface area contributed by atoms with Crippen LogP contribution in [0.3, 0.4) is 0 Å². The summed E-state index contributed by atoms with van der Waals surface area (Å²) in [5.41, 5.74) is 1.77. The standard InChI is InChI=1S/C21H25NO5/c23-19(16-17-8-4-3-5-9-17)12-11-18-13-15-27-21(26)22(18)14-7-2-1-6-10-20(24)25/h2-5,7-9,11H,1,6,10,12-16H2,(H,24,25). The van der Waals surface area contributed by atoms with Gasteiger partial charge in [0.25, 0.3) is 0 Å². The second-order valence-electron chi connectivity index (χ2n) is 6.33. The minimum Gasteiger partial charge on any atom is -0.481 e. The molecule has 1 heterocycles. The molecule has 1 aromatic rings. The van der Waals surface area contributed by atoms with Crippen molar-refractivity contribution in [3.8, 4) is 0 Å². The lowest BCUT2D eigenvalue weighted by Crippen LogP contribution is -2.36. The molecule has 0 bridgehead atoms. The summed E-state index contributed by atoms with van der Waals surface area (Å²) in [5, 5.41) is 8.61. The summed E-state index contributed by atoms with van der Waals surface area (Å²) >= 11 is 0. The number of carbonyl (C=O) groups excluding carboxylic acids is 2. The summed E-state index contributed by atoms with van der Waals surface area (Å²) < 4.78 is 5.08. The van der Waals surface area contributed by atoms with Gasteiger partial charge in [0.15, 0.2) is 0 Å². The van der Waals surface area contributed by atoms with Gasteiger partial charge in [0.1, 0.15) is 5.78 Å². The van der Waals surface area contributed by atoms with Crippen LogP contribution >= 0.6 is 0 Å². The molecule has 2 rings (SSSR count). The molecule has 1 N–H and O–H groups in total. The number of cyclic esters (lactones) is 1. The van der Waals surface area contributed by atoms with Gasteiger partial charge in [-0.3, -0.25) is 14.5 Å². The number of allylic oxidation sites excluding steroid dienone is 2. The zero-order valence-corrected chi connectivity index (χ0v) is 15.3. The van der Waals surface area contributed by atoms with E-state index in [-0.39, 0.29) is 18.6 Å². The number of unbranched alkanes of at least 4 members (excludes halogenated alkanes) is 1. The smallest absolute Gasteiger partial charge is 0.414 e. The van der Waals surface area contributed by atoms with Crippen LogP contribution in [-0.4, -0.2) is 41.0 Å². The summed E-state index contributed by atoms with van der Waals surface area (Å²) in [6.07, 6.45) is 7.65. The first kappa shape index (κ1) is 20.4. The van der Waals surface area contributed by atoms with Crippen LogP contribution in [0.2, 0.25) is 0 Å². The molecule has 27 heavy (non-hydrogen) atoms. The molecular formula is C21H25NO5. The molecule has 0 atom stereocenters. The van der Waals surface area contributed by atoms with E-state index in [0.717, 1.165) is 11.3 Å². The number of benzene rings is 1. The zero-order chi connectivity index (χ0) is 19.5. The van der Waals surface area contributed by atoms with E-state index in [1.807, 2.05) is 48.6 Å². The minimum absolute atomic E-state index is 0.0943. The quantitative estimate of drug-likeness (QED) is 0.500. The highest BCUT2D eigenvalue weighted by atomic mass is 16.6. The molecule has 0 aliphatic carbocycles. The van der Waals surface area contributed by atoms with Gasteiger partial charge in [0, 0.05) is 37.9 Å². The zero-order valence-electron chi connectivity index (χ0n) is 15.3. The highest BCUT2D eigenvalue weighted by molar-refractivity contribution is 5.82. The van der Waals surface area contributed by atoms with Crippen molar-refractivity contribution in [3.63, 3.8) is 0 Å². The van der Waals surface area contributed by atoms with Crippen molar-refractivity contribution in [1.82, 2.24) is 4.90 Å². The highest BCUT2D eigenvalue weighted by Crippen LogP contribution is 2.18. The highest BCUT2D eigenvalue weighted by Gasteiger charge is 2.23. The molecule has 1 aliphatic rings. The van der Waals surface area contributed by atoms with Gasteiger partial charge in [-0.25, -0.2) is 4.79 Å². The third-order valence-electron chi connectivity index (χ3n) is 4.18. The van der Waals surface area contributed by atoms with E-state index in [1.165, 1.54) is 4.90 Å². The number of carbonyl (C=O) groups is 3. The fraction of sp³-hybridized carbons (Fsp3) is 0.381. The van der Waals surface area contributed by atoms with Crippen molar-refractivity contribution in [2.75, 3.05) is 13.2 Å². The fourth-order valence-electron chi connectivity index (χ4n) is 2.77. The van der Waals surface area contributed by atoms with Crippen LogP contribution in [0.1, 0.15) is 37.7 Å². The summed E-state index contributed by atoms with van der Waals surface area (Å²) in [5.74, 6) is -0.717. The number of ketones is 1. The fourth-order valence-corrected chi connectivity index (χ4v) is 2.77. The predicted molar refractivity (Wildman–Crippen MR) is 101 cm³/mol. The van der Waals surface area contributed by atoms with Crippen LogP contribution in [0.4, 0.5) is 4.79 Å². The van der Waals surface area contributed by atoms with Crippen molar-refractivity contribution in [2.45, 2.75) is 38.5 Å². The van der Waals surface area contributed by atoms with Crippen LogP contribution in [0.25, 0.3) is 0 Å². The Hall–Kier alpha value is -2.89. The van der Waals surface area contributed by atoms with E-state index in [1.54, 1.807) is 0 Å². The van der Waals surface area contributed by atoms with Gasteiger partial charge in [0.2, 0.25) is 0 Å². The number of aliphatic carboxylic acids is 1. The summed E-state index contributed by atoms with van der Waals surface area (Å²) in [4.78, 5) is 36.2. The monoisotopic (exact) mass is 371 g/mol. The van der Waals surface area contributed by atoms with Crippen LogP contribution in [-0.2, 0) is 20.7 Å². The lowest BCUT2D eigenvalue weighted by atomic mass is 10.1. The van der Waals surface area contributed by atoms with Crippen LogP contribution in [0, 0.1) is 0 Å². The summed E-state index contributed by atoms with van der Waals surface area (Å²) in [6.45, 7) is 0.668.